The van der Waals surface area contributed by atoms with Crippen molar-refractivity contribution < 1.29 is 23.8 Å². The van der Waals surface area contributed by atoms with Crippen LogP contribution < -0.4 is 25.0 Å². The number of hydrazone groups is 1. The van der Waals surface area contributed by atoms with Gasteiger partial charge in [-0.1, -0.05) is 0 Å². The second-order valence-electron chi connectivity index (χ2n) is 5.91. The van der Waals surface area contributed by atoms with E-state index in [2.05, 4.69) is 15.8 Å². The molecule has 146 valence electrons. The van der Waals surface area contributed by atoms with Gasteiger partial charge in [-0.3, -0.25) is 9.59 Å². The fourth-order valence-corrected chi connectivity index (χ4v) is 2.48. The molecule has 0 atom stereocenters. The fourth-order valence-electron chi connectivity index (χ4n) is 2.48. The molecular weight excluding hydrogens is 362 g/mol. The number of fused-ring (bicyclic) bond motifs is 1. The number of benzene rings is 2. The zero-order valence-corrected chi connectivity index (χ0v) is 15.4. The summed E-state index contributed by atoms with van der Waals surface area (Å²) in [5.74, 6) is 1.46. The van der Waals surface area contributed by atoms with Gasteiger partial charge in [0.05, 0.1) is 12.8 Å². The van der Waals surface area contributed by atoms with Crippen LogP contribution in [0.4, 0.5) is 5.69 Å². The molecule has 0 saturated heterocycles. The number of nitrogens with one attached hydrogen (secondary N) is 2. The van der Waals surface area contributed by atoms with Gasteiger partial charge in [-0.05, 0) is 55.0 Å². The molecule has 0 aliphatic carbocycles. The van der Waals surface area contributed by atoms with Gasteiger partial charge in [-0.2, -0.15) is 5.10 Å². The number of hydrogen-bond acceptors (Lipinski definition) is 6. The van der Waals surface area contributed by atoms with Gasteiger partial charge in [0, 0.05) is 18.5 Å². The smallest absolute Gasteiger partial charge is 0.240 e. The molecule has 0 unspecified atom stereocenters. The van der Waals surface area contributed by atoms with E-state index in [1.54, 1.807) is 42.5 Å². The van der Waals surface area contributed by atoms with Gasteiger partial charge in [0.25, 0.3) is 0 Å². The number of rotatable bonds is 8. The van der Waals surface area contributed by atoms with Crippen molar-refractivity contribution in [3.8, 4) is 17.2 Å². The van der Waals surface area contributed by atoms with Crippen molar-refractivity contribution in [3.63, 3.8) is 0 Å². The van der Waals surface area contributed by atoms with Gasteiger partial charge in [0.15, 0.2) is 11.5 Å². The van der Waals surface area contributed by atoms with E-state index in [0.29, 0.717) is 23.8 Å². The molecule has 8 nitrogen and oxygen atoms in total. The maximum Gasteiger partial charge on any atom is 0.240 e. The molecule has 1 aliphatic rings. The summed E-state index contributed by atoms with van der Waals surface area (Å²) in [4.78, 5) is 23.8. The van der Waals surface area contributed by atoms with Crippen molar-refractivity contribution in [1.29, 1.82) is 0 Å². The van der Waals surface area contributed by atoms with Crippen LogP contribution in [0.15, 0.2) is 47.6 Å². The molecular formula is C20H21N3O5. The van der Waals surface area contributed by atoms with Crippen molar-refractivity contribution in [3.05, 3.63) is 48.0 Å². The number of nitrogens with zero attached hydrogens (tertiary/aromatic N) is 1. The van der Waals surface area contributed by atoms with Crippen LogP contribution in [0, 0.1) is 0 Å². The van der Waals surface area contributed by atoms with Crippen LogP contribution in [0.1, 0.15) is 25.3 Å². The summed E-state index contributed by atoms with van der Waals surface area (Å²) in [5, 5.41) is 6.62. The third kappa shape index (κ3) is 5.47. The number of ether oxygens (including phenoxy) is 3. The van der Waals surface area contributed by atoms with Crippen LogP contribution >= 0.6 is 0 Å². The van der Waals surface area contributed by atoms with Crippen molar-refractivity contribution in [2.24, 2.45) is 5.10 Å². The minimum Gasteiger partial charge on any atom is -0.494 e. The van der Waals surface area contributed by atoms with Crippen LogP contribution in [0.5, 0.6) is 17.2 Å². The molecule has 0 bridgehead atoms. The summed E-state index contributed by atoms with van der Waals surface area (Å²) in [5.41, 5.74) is 3.81. The summed E-state index contributed by atoms with van der Waals surface area (Å²) in [6.07, 6.45) is 1.58. The molecule has 3 rings (SSSR count). The molecule has 1 aliphatic heterocycles. The number of hydrogen-bond donors (Lipinski definition) is 2. The summed E-state index contributed by atoms with van der Waals surface area (Å²) < 4.78 is 15.8. The molecule has 28 heavy (non-hydrogen) atoms. The Balaban J connectivity index is 1.39. The Labute approximate surface area is 162 Å². The Hall–Kier alpha value is -3.55. The molecule has 2 N–H and O–H groups in total. The number of anilines is 1. The summed E-state index contributed by atoms with van der Waals surface area (Å²) >= 11 is 0. The van der Waals surface area contributed by atoms with Gasteiger partial charge in [-0.15, -0.1) is 0 Å². The average Bonchev–Trinajstić information content (AvgIpc) is 3.16. The lowest BCUT2D eigenvalue weighted by molar-refractivity contribution is -0.124. The highest BCUT2D eigenvalue weighted by molar-refractivity contribution is 5.93. The van der Waals surface area contributed by atoms with Crippen LogP contribution in [0.25, 0.3) is 0 Å². The second-order valence-corrected chi connectivity index (χ2v) is 5.91. The maximum atomic E-state index is 11.9. The first kappa shape index (κ1) is 19.2. The van der Waals surface area contributed by atoms with Gasteiger partial charge in [0.2, 0.25) is 18.6 Å². The zero-order chi connectivity index (χ0) is 19.8. The number of carbonyl (C=O) groups is 2. The standard InChI is InChI=1S/C20H21N3O5/c1-2-26-16-6-4-15(5-7-16)22-19(24)9-10-20(25)23-21-12-14-3-8-17-18(11-14)28-13-27-17/h3-8,11-12H,2,9-10,13H2,1H3,(H,22,24)(H,23,25)/b21-12+. The quantitative estimate of drug-likeness (QED) is 0.539. The molecule has 0 aromatic heterocycles. The lowest BCUT2D eigenvalue weighted by Crippen LogP contribution is -2.20. The van der Waals surface area contributed by atoms with Gasteiger partial charge < -0.3 is 19.5 Å². The molecule has 0 saturated carbocycles. The summed E-state index contributed by atoms with van der Waals surface area (Å²) in [7, 11) is 0. The Kier molecular flexibility index (Phi) is 6.46. The largest absolute Gasteiger partial charge is 0.494 e. The lowest BCUT2D eigenvalue weighted by atomic mass is 10.2. The highest BCUT2D eigenvalue weighted by Gasteiger charge is 2.12. The molecule has 1 heterocycles. The van der Waals surface area contributed by atoms with Crippen LogP contribution in [0.2, 0.25) is 0 Å². The van der Waals surface area contributed by atoms with E-state index in [0.717, 1.165) is 11.3 Å². The zero-order valence-electron chi connectivity index (χ0n) is 15.4. The average molecular weight is 383 g/mol. The second kappa shape index (κ2) is 9.40. The molecule has 2 amide bonds. The van der Waals surface area contributed by atoms with E-state index in [9.17, 15) is 9.59 Å². The van der Waals surface area contributed by atoms with E-state index in [1.165, 1.54) is 6.21 Å². The predicted molar refractivity (Wildman–Crippen MR) is 104 cm³/mol. The van der Waals surface area contributed by atoms with Crippen LogP contribution in [0.3, 0.4) is 0 Å². The Morgan fingerprint density at radius 2 is 1.82 bits per heavy atom. The molecule has 0 spiro atoms. The van der Waals surface area contributed by atoms with E-state index in [4.69, 9.17) is 14.2 Å². The minimum absolute atomic E-state index is 0.0291. The third-order valence-electron chi connectivity index (χ3n) is 3.83. The molecule has 8 heteroatoms. The molecule has 2 aromatic rings. The SMILES string of the molecule is CCOc1ccc(NC(=O)CCC(=O)N/N=C/c2ccc3c(c2)OCO3)cc1. The summed E-state index contributed by atoms with van der Waals surface area (Å²) in [6.45, 7) is 2.68. The van der Waals surface area contributed by atoms with Gasteiger partial charge in [0.1, 0.15) is 5.75 Å². The molecule has 2 aromatic carbocycles. The first-order valence-corrected chi connectivity index (χ1v) is 8.88. The monoisotopic (exact) mass is 383 g/mol. The predicted octanol–water partition coefficient (Wildman–Crippen LogP) is 2.68. The topological polar surface area (TPSA) is 98.2 Å². The Morgan fingerprint density at radius 3 is 2.61 bits per heavy atom. The van der Waals surface area contributed by atoms with E-state index in [-0.39, 0.29) is 31.4 Å². The normalized spacial score (nSPS) is 12.0. The van der Waals surface area contributed by atoms with E-state index >= 15 is 0 Å². The highest BCUT2D eigenvalue weighted by atomic mass is 16.7. The summed E-state index contributed by atoms with van der Waals surface area (Å²) in [6, 6.07) is 12.4. The first-order valence-electron chi connectivity index (χ1n) is 8.88. The molecule has 0 fully saturated rings. The van der Waals surface area contributed by atoms with Gasteiger partial charge >= 0.3 is 0 Å². The van der Waals surface area contributed by atoms with Gasteiger partial charge in [-0.25, -0.2) is 5.43 Å². The highest BCUT2D eigenvalue weighted by Crippen LogP contribution is 2.31. The van der Waals surface area contributed by atoms with Crippen molar-refractivity contribution in [1.82, 2.24) is 5.43 Å². The maximum absolute atomic E-state index is 11.9. The van der Waals surface area contributed by atoms with Crippen LogP contribution in [-0.4, -0.2) is 31.4 Å². The third-order valence-corrected chi connectivity index (χ3v) is 3.83. The fraction of sp³-hybridized carbons (Fsp3) is 0.250. The van der Waals surface area contributed by atoms with Crippen molar-refractivity contribution in [2.45, 2.75) is 19.8 Å². The minimum atomic E-state index is -0.348. The van der Waals surface area contributed by atoms with Crippen molar-refractivity contribution >= 4 is 23.7 Å². The lowest BCUT2D eigenvalue weighted by Gasteiger charge is -2.07. The van der Waals surface area contributed by atoms with E-state index < -0.39 is 0 Å². The van der Waals surface area contributed by atoms with E-state index in [1.807, 2.05) is 6.92 Å². The first-order chi connectivity index (χ1) is 13.6. The Morgan fingerprint density at radius 1 is 1.07 bits per heavy atom. The van der Waals surface area contributed by atoms with Crippen LogP contribution in [-0.2, 0) is 9.59 Å². The number of amides is 2. The Bertz CT molecular complexity index is 865. The number of carbonyl (C=O) groups excluding carboxylic acids is 2. The van der Waals surface area contributed by atoms with Crippen molar-refractivity contribution in [2.75, 3.05) is 18.7 Å². The molecule has 0 radical (unpaired) electrons.